The van der Waals surface area contributed by atoms with E-state index in [-0.39, 0.29) is 17.7 Å². The Hall–Kier alpha value is -0.900. The number of rotatable bonds is 2. The summed E-state index contributed by atoms with van der Waals surface area (Å²) >= 11 is 0. The number of aliphatic hydroxyl groups is 1. The van der Waals surface area contributed by atoms with Crippen LogP contribution < -0.4 is 0 Å². The minimum atomic E-state index is -0.577. The van der Waals surface area contributed by atoms with Gasteiger partial charge in [-0.1, -0.05) is 13.8 Å². The van der Waals surface area contributed by atoms with E-state index in [0.717, 1.165) is 6.42 Å². The fourth-order valence-electron chi connectivity index (χ4n) is 3.22. The highest BCUT2D eigenvalue weighted by molar-refractivity contribution is 5.86. The molecule has 2 aliphatic rings. The number of carbonyl (C=O) groups is 2. The molecule has 0 aromatic heterocycles. The summed E-state index contributed by atoms with van der Waals surface area (Å²) in [5.74, 6) is 0.529. The molecule has 0 bridgehead atoms. The van der Waals surface area contributed by atoms with Crippen molar-refractivity contribution in [2.75, 3.05) is 13.1 Å². The SMILES string of the molecule is CCC1(O)CCN(C(=O)[C@H]2CCC(=O)[C@@H](C)C2)CC1. The zero-order valence-corrected chi connectivity index (χ0v) is 12.0. The van der Waals surface area contributed by atoms with Crippen molar-refractivity contribution in [2.24, 2.45) is 11.8 Å². The summed E-state index contributed by atoms with van der Waals surface area (Å²) in [7, 11) is 0. The quantitative estimate of drug-likeness (QED) is 0.829. The van der Waals surface area contributed by atoms with Gasteiger partial charge < -0.3 is 10.0 Å². The second-order valence-electron chi connectivity index (χ2n) is 6.24. The molecular formula is C15H25NO3. The Morgan fingerprint density at radius 3 is 2.58 bits per heavy atom. The van der Waals surface area contributed by atoms with Gasteiger partial charge in [-0.05, 0) is 32.1 Å². The first-order valence-corrected chi connectivity index (χ1v) is 7.49. The monoisotopic (exact) mass is 267 g/mol. The van der Waals surface area contributed by atoms with Gasteiger partial charge in [0.15, 0.2) is 0 Å². The Labute approximate surface area is 115 Å². The number of hydrogen-bond donors (Lipinski definition) is 1. The summed E-state index contributed by atoms with van der Waals surface area (Å²) in [5.41, 5.74) is -0.577. The highest BCUT2D eigenvalue weighted by Gasteiger charge is 2.36. The lowest BCUT2D eigenvalue weighted by atomic mass is 9.80. The summed E-state index contributed by atoms with van der Waals surface area (Å²) in [5, 5.41) is 10.2. The van der Waals surface area contributed by atoms with Crippen LogP contribution in [0.15, 0.2) is 0 Å². The molecule has 1 saturated heterocycles. The van der Waals surface area contributed by atoms with E-state index in [9.17, 15) is 14.7 Å². The molecular weight excluding hydrogens is 242 g/mol. The summed E-state index contributed by atoms with van der Waals surface area (Å²) in [6.45, 7) is 5.23. The van der Waals surface area contributed by atoms with Crippen molar-refractivity contribution in [3.8, 4) is 0 Å². The molecule has 2 rings (SSSR count). The molecule has 1 aliphatic carbocycles. The van der Waals surface area contributed by atoms with Crippen LogP contribution in [-0.4, -0.2) is 40.4 Å². The Bertz CT molecular complexity index is 358. The molecule has 1 heterocycles. The second kappa shape index (κ2) is 5.61. The van der Waals surface area contributed by atoms with Crippen LogP contribution in [0.2, 0.25) is 0 Å². The van der Waals surface area contributed by atoms with Crippen molar-refractivity contribution in [1.82, 2.24) is 4.90 Å². The van der Waals surface area contributed by atoms with Crippen molar-refractivity contribution < 1.29 is 14.7 Å². The first-order chi connectivity index (χ1) is 8.95. The molecule has 4 heteroatoms. The fourth-order valence-corrected chi connectivity index (χ4v) is 3.22. The van der Waals surface area contributed by atoms with Crippen LogP contribution in [-0.2, 0) is 9.59 Å². The topological polar surface area (TPSA) is 57.6 Å². The minimum Gasteiger partial charge on any atom is -0.390 e. The average molecular weight is 267 g/mol. The van der Waals surface area contributed by atoms with Gasteiger partial charge in [-0.2, -0.15) is 0 Å². The maximum absolute atomic E-state index is 12.4. The molecule has 0 spiro atoms. The van der Waals surface area contributed by atoms with E-state index in [0.29, 0.717) is 51.0 Å². The first-order valence-electron chi connectivity index (χ1n) is 7.49. The molecule has 1 saturated carbocycles. The molecule has 0 aromatic rings. The van der Waals surface area contributed by atoms with Crippen LogP contribution in [0, 0.1) is 11.8 Å². The number of hydrogen-bond acceptors (Lipinski definition) is 3. The molecule has 0 radical (unpaired) electrons. The van der Waals surface area contributed by atoms with E-state index in [1.165, 1.54) is 0 Å². The van der Waals surface area contributed by atoms with Gasteiger partial charge >= 0.3 is 0 Å². The number of likely N-dealkylation sites (tertiary alicyclic amines) is 1. The van der Waals surface area contributed by atoms with Crippen molar-refractivity contribution in [3.63, 3.8) is 0 Å². The van der Waals surface area contributed by atoms with Crippen LogP contribution in [0.4, 0.5) is 0 Å². The third-order valence-electron chi connectivity index (χ3n) is 4.94. The van der Waals surface area contributed by atoms with Gasteiger partial charge in [0.05, 0.1) is 5.60 Å². The van der Waals surface area contributed by atoms with E-state index < -0.39 is 5.60 Å². The van der Waals surface area contributed by atoms with E-state index >= 15 is 0 Å². The van der Waals surface area contributed by atoms with Crippen LogP contribution >= 0.6 is 0 Å². The van der Waals surface area contributed by atoms with Crippen LogP contribution in [0.1, 0.15) is 52.4 Å². The van der Waals surface area contributed by atoms with E-state index in [2.05, 4.69) is 0 Å². The number of amides is 1. The van der Waals surface area contributed by atoms with Gasteiger partial charge in [0.25, 0.3) is 0 Å². The predicted octanol–water partition coefficient (Wildman–Crippen LogP) is 1.76. The maximum Gasteiger partial charge on any atom is 0.225 e. The Morgan fingerprint density at radius 2 is 2.05 bits per heavy atom. The fraction of sp³-hybridized carbons (Fsp3) is 0.867. The highest BCUT2D eigenvalue weighted by Crippen LogP contribution is 2.31. The van der Waals surface area contributed by atoms with Crippen molar-refractivity contribution in [2.45, 2.75) is 58.0 Å². The van der Waals surface area contributed by atoms with E-state index in [1.54, 1.807) is 0 Å². The number of nitrogens with zero attached hydrogens (tertiary/aromatic N) is 1. The molecule has 2 fully saturated rings. The Balaban J connectivity index is 1.89. The molecule has 2 atom stereocenters. The van der Waals surface area contributed by atoms with E-state index in [4.69, 9.17) is 0 Å². The Kier molecular flexibility index (Phi) is 4.29. The van der Waals surface area contributed by atoms with Gasteiger partial charge in [-0.15, -0.1) is 0 Å². The zero-order valence-electron chi connectivity index (χ0n) is 12.0. The third-order valence-corrected chi connectivity index (χ3v) is 4.94. The molecule has 0 unspecified atom stereocenters. The van der Waals surface area contributed by atoms with Gasteiger partial charge in [0.2, 0.25) is 5.91 Å². The maximum atomic E-state index is 12.4. The minimum absolute atomic E-state index is 0.0144. The summed E-state index contributed by atoms with van der Waals surface area (Å²) in [6.07, 6.45) is 4.06. The van der Waals surface area contributed by atoms with Gasteiger partial charge in [0, 0.05) is 31.3 Å². The van der Waals surface area contributed by atoms with Gasteiger partial charge in [-0.25, -0.2) is 0 Å². The van der Waals surface area contributed by atoms with Crippen molar-refractivity contribution >= 4 is 11.7 Å². The largest absolute Gasteiger partial charge is 0.390 e. The van der Waals surface area contributed by atoms with Crippen molar-refractivity contribution in [1.29, 1.82) is 0 Å². The van der Waals surface area contributed by atoms with Crippen LogP contribution in [0.5, 0.6) is 0 Å². The van der Waals surface area contributed by atoms with Crippen molar-refractivity contribution in [3.05, 3.63) is 0 Å². The van der Waals surface area contributed by atoms with Crippen LogP contribution in [0.3, 0.4) is 0 Å². The van der Waals surface area contributed by atoms with Gasteiger partial charge in [0.1, 0.15) is 5.78 Å². The second-order valence-corrected chi connectivity index (χ2v) is 6.24. The van der Waals surface area contributed by atoms with Crippen LogP contribution in [0.25, 0.3) is 0 Å². The number of piperidine rings is 1. The summed E-state index contributed by atoms with van der Waals surface area (Å²) < 4.78 is 0. The lowest BCUT2D eigenvalue weighted by Gasteiger charge is -2.39. The lowest BCUT2D eigenvalue weighted by molar-refractivity contribution is -0.142. The standard InChI is InChI=1S/C15H25NO3/c1-3-15(19)6-8-16(9-7-15)14(18)12-4-5-13(17)11(2)10-12/h11-12,19H,3-10H2,1-2H3/t11-,12-/m0/s1. The normalized spacial score (nSPS) is 31.3. The Morgan fingerprint density at radius 1 is 1.42 bits per heavy atom. The molecule has 0 aromatic carbocycles. The molecule has 4 nitrogen and oxygen atoms in total. The third kappa shape index (κ3) is 3.16. The first kappa shape index (κ1) is 14.5. The average Bonchev–Trinajstić information content (AvgIpc) is 2.42. The summed E-state index contributed by atoms with van der Waals surface area (Å²) in [4.78, 5) is 25.8. The molecule has 1 N–H and O–H groups in total. The smallest absolute Gasteiger partial charge is 0.225 e. The molecule has 1 aliphatic heterocycles. The highest BCUT2D eigenvalue weighted by atomic mass is 16.3. The zero-order chi connectivity index (χ0) is 14.0. The predicted molar refractivity (Wildman–Crippen MR) is 72.6 cm³/mol. The lowest BCUT2D eigenvalue weighted by Crippen LogP contribution is -2.48. The molecule has 1 amide bonds. The number of Topliss-reactive ketones (excluding diaryl/α,β-unsaturated/α-hetero) is 1. The van der Waals surface area contributed by atoms with Gasteiger partial charge in [-0.3, -0.25) is 9.59 Å². The summed E-state index contributed by atoms with van der Waals surface area (Å²) in [6, 6.07) is 0. The van der Waals surface area contributed by atoms with E-state index in [1.807, 2.05) is 18.7 Å². The molecule has 108 valence electrons. The number of ketones is 1. The molecule has 19 heavy (non-hydrogen) atoms. The number of carbonyl (C=O) groups excluding carboxylic acids is 2.